The Hall–Kier alpha value is -3.10. The average Bonchev–Trinajstić information content (AvgIpc) is 3.11. The number of hydrazine groups is 1. The Morgan fingerprint density at radius 2 is 1.89 bits per heavy atom. The van der Waals surface area contributed by atoms with Crippen molar-refractivity contribution in [3.63, 3.8) is 0 Å². The highest BCUT2D eigenvalue weighted by Crippen LogP contribution is 2.33. The standard InChI is InChI=1S/C19H22N4O5/c24-15(9-6-12-22-13-7-2-3-8-14(13)28-18(22)27)21-23-16(25)19(20-17(23)26)10-4-1-5-11-19/h2-3,7-8H,1,4-6,9-12H2,(H,20,26)(H,21,24). The second-order valence-corrected chi connectivity index (χ2v) is 7.34. The van der Waals surface area contributed by atoms with Gasteiger partial charge in [0, 0.05) is 13.0 Å². The minimum absolute atomic E-state index is 0.0655. The van der Waals surface area contributed by atoms with Crippen LogP contribution in [0.15, 0.2) is 33.5 Å². The van der Waals surface area contributed by atoms with E-state index in [4.69, 9.17) is 4.42 Å². The molecule has 2 aromatic rings. The molecule has 1 aromatic heterocycles. The Morgan fingerprint density at radius 1 is 1.14 bits per heavy atom. The maximum Gasteiger partial charge on any atom is 0.419 e. The van der Waals surface area contributed by atoms with E-state index in [1.54, 1.807) is 24.3 Å². The number of aryl methyl sites for hydroxylation is 1. The lowest BCUT2D eigenvalue weighted by atomic mass is 9.82. The number of hydrogen-bond donors (Lipinski definition) is 2. The minimum atomic E-state index is -0.869. The topological polar surface area (TPSA) is 114 Å². The van der Waals surface area contributed by atoms with Crippen molar-refractivity contribution in [1.82, 2.24) is 20.3 Å². The van der Waals surface area contributed by atoms with Crippen molar-refractivity contribution in [2.24, 2.45) is 0 Å². The Bertz CT molecular complexity index is 986. The fourth-order valence-electron chi connectivity index (χ4n) is 4.02. The number of nitrogens with one attached hydrogen (secondary N) is 2. The van der Waals surface area contributed by atoms with Crippen LogP contribution in [0.3, 0.4) is 0 Å². The monoisotopic (exact) mass is 386 g/mol. The maximum absolute atomic E-state index is 12.6. The van der Waals surface area contributed by atoms with Crippen molar-refractivity contribution >= 4 is 28.9 Å². The van der Waals surface area contributed by atoms with Gasteiger partial charge in [-0.15, -0.1) is 0 Å². The van der Waals surface area contributed by atoms with Gasteiger partial charge in [0.15, 0.2) is 5.58 Å². The van der Waals surface area contributed by atoms with E-state index in [0.717, 1.165) is 24.3 Å². The van der Waals surface area contributed by atoms with E-state index in [2.05, 4.69) is 10.7 Å². The molecule has 148 valence electrons. The number of aromatic nitrogens is 1. The summed E-state index contributed by atoms with van der Waals surface area (Å²) in [6.07, 6.45) is 4.42. The second kappa shape index (κ2) is 7.14. The molecule has 1 spiro atoms. The lowest BCUT2D eigenvalue weighted by Gasteiger charge is -2.30. The largest absolute Gasteiger partial charge is 0.419 e. The van der Waals surface area contributed by atoms with Gasteiger partial charge in [-0.25, -0.2) is 9.59 Å². The summed E-state index contributed by atoms with van der Waals surface area (Å²) in [5.41, 5.74) is 2.70. The third-order valence-electron chi connectivity index (χ3n) is 5.46. The number of urea groups is 1. The highest BCUT2D eigenvalue weighted by molar-refractivity contribution is 6.08. The first kappa shape index (κ1) is 18.3. The molecule has 2 N–H and O–H groups in total. The van der Waals surface area contributed by atoms with E-state index >= 15 is 0 Å². The summed E-state index contributed by atoms with van der Waals surface area (Å²) in [4.78, 5) is 49.0. The average molecular weight is 386 g/mol. The fraction of sp³-hybridized carbons (Fsp3) is 0.474. The molecule has 1 saturated heterocycles. The molecule has 28 heavy (non-hydrogen) atoms. The number of carbonyl (C=O) groups excluding carboxylic acids is 3. The van der Waals surface area contributed by atoms with Crippen LogP contribution in [0.25, 0.3) is 11.1 Å². The molecule has 1 aliphatic heterocycles. The third-order valence-corrected chi connectivity index (χ3v) is 5.46. The normalized spacial score (nSPS) is 18.6. The zero-order chi connectivity index (χ0) is 19.7. The van der Waals surface area contributed by atoms with Crippen LogP contribution in [0.2, 0.25) is 0 Å². The predicted molar refractivity (Wildman–Crippen MR) is 99.0 cm³/mol. The number of fused-ring (bicyclic) bond motifs is 1. The molecule has 0 atom stereocenters. The van der Waals surface area contributed by atoms with Crippen LogP contribution in [0.4, 0.5) is 4.79 Å². The Balaban J connectivity index is 1.34. The molecule has 4 amide bonds. The summed E-state index contributed by atoms with van der Waals surface area (Å²) < 4.78 is 6.62. The van der Waals surface area contributed by atoms with Crippen molar-refractivity contribution in [2.75, 3.05) is 0 Å². The van der Waals surface area contributed by atoms with Gasteiger partial charge in [-0.2, -0.15) is 5.01 Å². The van der Waals surface area contributed by atoms with Crippen molar-refractivity contribution in [3.05, 3.63) is 34.8 Å². The molecular formula is C19H22N4O5. The molecule has 9 heteroatoms. The molecule has 1 saturated carbocycles. The van der Waals surface area contributed by atoms with Gasteiger partial charge in [-0.05, 0) is 31.4 Å². The summed E-state index contributed by atoms with van der Waals surface area (Å²) in [6.45, 7) is 0.299. The summed E-state index contributed by atoms with van der Waals surface area (Å²) >= 11 is 0. The first-order valence-electron chi connectivity index (χ1n) is 9.55. The Morgan fingerprint density at radius 3 is 2.68 bits per heavy atom. The Kier molecular flexibility index (Phi) is 4.66. The fourth-order valence-corrected chi connectivity index (χ4v) is 4.02. The molecule has 0 radical (unpaired) electrons. The number of imide groups is 1. The Labute approximate surface area is 160 Å². The summed E-state index contributed by atoms with van der Waals surface area (Å²) in [6, 6.07) is 6.48. The van der Waals surface area contributed by atoms with Crippen LogP contribution >= 0.6 is 0 Å². The number of benzene rings is 1. The first-order chi connectivity index (χ1) is 13.5. The lowest BCUT2D eigenvalue weighted by Crippen LogP contribution is -2.50. The van der Waals surface area contributed by atoms with Gasteiger partial charge in [0.2, 0.25) is 5.91 Å². The number of para-hydroxylation sites is 2. The van der Waals surface area contributed by atoms with E-state index in [-0.39, 0.29) is 12.3 Å². The van der Waals surface area contributed by atoms with Gasteiger partial charge in [-0.3, -0.25) is 19.6 Å². The van der Waals surface area contributed by atoms with E-state index in [0.29, 0.717) is 36.9 Å². The molecule has 1 aliphatic carbocycles. The summed E-state index contributed by atoms with van der Waals surface area (Å²) in [5.74, 6) is -1.31. The lowest BCUT2D eigenvalue weighted by molar-refractivity contribution is -0.139. The van der Waals surface area contributed by atoms with Gasteiger partial charge in [0.05, 0.1) is 5.52 Å². The molecule has 1 aromatic carbocycles. The minimum Gasteiger partial charge on any atom is -0.408 e. The molecule has 2 fully saturated rings. The van der Waals surface area contributed by atoms with Crippen LogP contribution in [0.1, 0.15) is 44.9 Å². The van der Waals surface area contributed by atoms with Crippen molar-refractivity contribution in [1.29, 1.82) is 0 Å². The van der Waals surface area contributed by atoms with Crippen LogP contribution in [-0.2, 0) is 16.1 Å². The van der Waals surface area contributed by atoms with E-state index in [1.165, 1.54) is 4.57 Å². The molecule has 0 bridgehead atoms. The van der Waals surface area contributed by atoms with Gasteiger partial charge in [0.25, 0.3) is 5.91 Å². The number of hydrogen-bond acceptors (Lipinski definition) is 5. The van der Waals surface area contributed by atoms with Crippen LogP contribution in [0, 0.1) is 0 Å². The van der Waals surface area contributed by atoms with Crippen molar-refractivity contribution < 1.29 is 18.8 Å². The van der Waals surface area contributed by atoms with Gasteiger partial charge in [-0.1, -0.05) is 31.4 Å². The maximum atomic E-state index is 12.6. The molecule has 2 heterocycles. The number of oxazole rings is 1. The van der Waals surface area contributed by atoms with Gasteiger partial charge in [0.1, 0.15) is 5.54 Å². The number of rotatable bonds is 5. The number of amides is 4. The van der Waals surface area contributed by atoms with Crippen LogP contribution in [-0.4, -0.2) is 33.0 Å². The van der Waals surface area contributed by atoms with E-state index in [9.17, 15) is 19.2 Å². The van der Waals surface area contributed by atoms with E-state index < -0.39 is 23.2 Å². The van der Waals surface area contributed by atoms with Gasteiger partial charge < -0.3 is 9.73 Å². The summed E-state index contributed by atoms with van der Waals surface area (Å²) in [5, 5.41) is 3.54. The van der Waals surface area contributed by atoms with Crippen LogP contribution in [0.5, 0.6) is 0 Å². The third kappa shape index (κ3) is 3.17. The zero-order valence-corrected chi connectivity index (χ0v) is 15.4. The van der Waals surface area contributed by atoms with Crippen molar-refractivity contribution in [3.8, 4) is 0 Å². The van der Waals surface area contributed by atoms with Gasteiger partial charge >= 0.3 is 11.8 Å². The first-order valence-corrected chi connectivity index (χ1v) is 9.55. The molecule has 9 nitrogen and oxygen atoms in total. The molecule has 2 aliphatic rings. The molecule has 4 rings (SSSR count). The quantitative estimate of drug-likeness (QED) is 0.759. The summed E-state index contributed by atoms with van der Waals surface area (Å²) in [7, 11) is 0. The van der Waals surface area contributed by atoms with E-state index in [1.807, 2.05) is 0 Å². The number of carbonyl (C=O) groups is 3. The smallest absolute Gasteiger partial charge is 0.408 e. The SMILES string of the molecule is O=C(CCCn1c(=O)oc2ccccc21)NN1C(=O)NC2(CCCCC2)C1=O. The van der Waals surface area contributed by atoms with Crippen molar-refractivity contribution in [2.45, 2.75) is 57.0 Å². The van der Waals surface area contributed by atoms with Crippen LogP contribution < -0.4 is 16.5 Å². The highest BCUT2D eigenvalue weighted by atomic mass is 16.4. The number of nitrogens with zero attached hydrogens (tertiary/aromatic N) is 2. The molecule has 0 unspecified atom stereocenters. The highest BCUT2D eigenvalue weighted by Gasteiger charge is 2.52. The zero-order valence-electron chi connectivity index (χ0n) is 15.4. The second-order valence-electron chi connectivity index (χ2n) is 7.34. The predicted octanol–water partition coefficient (Wildman–Crippen LogP) is 1.66. The molecular weight excluding hydrogens is 364 g/mol.